The summed E-state index contributed by atoms with van der Waals surface area (Å²) in [5.74, 6) is 1.02. The molecular formula is C27H40O4. The summed E-state index contributed by atoms with van der Waals surface area (Å²) in [6.07, 6.45) is 9.43. The first-order valence-electron chi connectivity index (χ1n) is 11.5. The van der Waals surface area contributed by atoms with Gasteiger partial charge in [-0.15, -0.1) is 0 Å². The Labute approximate surface area is 188 Å². The molecule has 0 saturated heterocycles. The lowest BCUT2D eigenvalue weighted by Crippen LogP contribution is -2.36. The van der Waals surface area contributed by atoms with Crippen LogP contribution in [0, 0.1) is 12.8 Å². The molecule has 4 nitrogen and oxygen atoms in total. The zero-order valence-electron chi connectivity index (χ0n) is 20.1. The molecule has 3 atom stereocenters. The third-order valence-electron chi connectivity index (χ3n) is 6.25. The molecule has 3 unspecified atom stereocenters. The number of carbonyl (C=O) groups excluding carboxylic acids is 1. The van der Waals surface area contributed by atoms with Crippen LogP contribution in [0.4, 0.5) is 0 Å². The summed E-state index contributed by atoms with van der Waals surface area (Å²) in [4.78, 5) is 12.2. The van der Waals surface area contributed by atoms with E-state index in [9.17, 15) is 15.0 Å². The zero-order chi connectivity index (χ0) is 23.2. The van der Waals surface area contributed by atoms with Crippen molar-refractivity contribution in [2.45, 2.75) is 98.2 Å². The van der Waals surface area contributed by atoms with Gasteiger partial charge < -0.3 is 14.9 Å². The minimum atomic E-state index is -0.981. The Morgan fingerprint density at radius 1 is 1.29 bits per heavy atom. The number of ketones is 1. The van der Waals surface area contributed by atoms with Crippen molar-refractivity contribution in [2.75, 3.05) is 0 Å². The van der Waals surface area contributed by atoms with Crippen molar-refractivity contribution in [3.63, 3.8) is 0 Å². The second-order valence-corrected chi connectivity index (χ2v) is 9.78. The van der Waals surface area contributed by atoms with Gasteiger partial charge in [0, 0.05) is 5.92 Å². The van der Waals surface area contributed by atoms with Crippen LogP contribution in [0.5, 0.6) is 11.5 Å². The highest BCUT2D eigenvalue weighted by molar-refractivity contribution is 5.86. The number of aromatic hydroxyl groups is 1. The van der Waals surface area contributed by atoms with Crippen molar-refractivity contribution in [3.05, 3.63) is 46.6 Å². The molecule has 1 aliphatic rings. The summed E-state index contributed by atoms with van der Waals surface area (Å²) in [5.41, 5.74) is 4.20. The van der Waals surface area contributed by atoms with Crippen LogP contribution in [-0.2, 0) is 11.2 Å². The Kier molecular flexibility index (Phi) is 8.93. The molecule has 0 saturated carbocycles. The van der Waals surface area contributed by atoms with Crippen molar-refractivity contribution >= 4 is 5.78 Å². The van der Waals surface area contributed by atoms with Crippen LogP contribution in [0.15, 0.2) is 35.4 Å². The van der Waals surface area contributed by atoms with Crippen LogP contribution in [0.3, 0.4) is 0 Å². The fourth-order valence-electron chi connectivity index (χ4n) is 4.28. The number of fused-ring (bicyclic) bond motifs is 1. The van der Waals surface area contributed by atoms with Gasteiger partial charge in [-0.05, 0) is 103 Å². The quantitative estimate of drug-likeness (QED) is 0.435. The molecule has 0 aliphatic carbocycles. The zero-order valence-corrected chi connectivity index (χ0v) is 20.1. The van der Waals surface area contributed by atoms with Crippen LogP contribution in [-0.4, -0.2) is 27.7 Å². The summed E-state index contributed by atoms with van der Waals surface area (Å²) in [6.45, 7) is 12.0. The maximum Gasteiger partial charge on any atom is 0.167 e. The van der Waals surface area contributed by atoms with E-state index in [4.69, 9.17) is 4.74 Å². The van der Waals surface area contributed by atoms with E-state index in [0.717, 1.165) is 67.4 Å². The number of phenolic OH excluding ortho intramolecular Hbond substituents is 1. The van der Waals surface area contributed by atoms with Crippen molar-refractivity contribution in [1.29, 1.82) is 0 Å². The van der Waals surface area contributed by atoms with Crippen LogP contribution in [0.2, 0.25) is 0 Å². The predicted octanol–water partition coefficient (Wildman–Crippen LogP) is 6.21. The molecule has 0 bridgehead atoms. The number of aryl methyl sites for hydroxylation is 2. The van der Waals surface area contributed by atoms with Gasteiger partial charge in [-0.3, -0.25) is 4.79 Å². The first-order valence-corrected chi connectivity index (χ1v) is 11.5. The standard InChI is InChI=1S/C27H40O4/c1-18(2)15-24(29)25(30)20(4)11-7-9-19(3)10-8-13-27(6)14-12-22-17-23(28)16-21(5)26(22)31-27/h10,15-17,20,24,28-29H,7-9,11-14H2,1-6H3. The summed E-state index contributed by atoms with van der Waals surface area (Å²) >= 11 is 0. The molecule has 31 heavy (non-hydrogen) atoms. The van der Waals surface area contributed by atoms with Gasteiger partial charge in [-0.25, -0.2) is 0 Å². The highest BCUT2D eigenvalue weighted by atomic mass is 16.5. The lowest BCUT2D eigenvalue weighted by molar-refractivity contribution is -0.128. The maximum atomic E-state index is 12.2. The number of ether oxygens (including phenoxy) is 1. The molecule has 172 valence electrons. The smallest absolute Gasteiger partial charge is 0.167 e. The number of Topliss-reactive ketones (excluding diaryl/α,β-unsaturated/α-hetero) is 1. The van der Waals surface area contributed by atoms with Crippen molar-refractivity contribution in [1.82, 2.24) is 0 Å². The van der Waals surface area contributed by atoms with Gasteiger partial charge in [0.2, 0.25) is 0 Å². The second kappa shape index (κ2) is 11.0. The first-order chi connectivity index (χ1) is 14.5. The summed E-state index contributed by atoms with van der Waals surface area (Å²) in [6, 6.07) is 3.58. The number of allylic oxidation sites excluding steroid dienone is 3. The fourth-order valence-corrected chi connectivity index (χ4v) is 4.28. The summed E-state index contributed by atoms with van der Waals surface area (Å²) < 4.78 is 6.37. The Hall–Kier alpha value is -2.07. The van der Waals surface area contributed by atoms with Crippen LogP contribution in [0.25, 0.3) is 0 Å². The molecule has 0 fully saturated rings. The average Bonchev–Trinajstić information content (AvgIpc) is 2.67. The van der Waals surface area contributed by atoms with Gasteiger partial charge in [-0.2, -0.15) is 0 Å². The Morgan fingerprint density at radius 3 is 2.68 bits per heavy atom. The lowest BCUT2D eigenvalue weighted by atomic mass is 9.87. The number of hydrogen-bond donors (Lipinski definition) is 2. The van der Waals surface area contributed by atoms with E-state index in [-0.39, 0.29) is 17.3 Å². The van der Waals surface area contributed by atoms with Crippen molar-refractivity contribution in [3.8, 4) is 11.5 Å². The van der Waals surface area contributed by atoms with Gasteiger partial charge in [-0.1, -0.05) is 30.2 Å². The third-order valence-corrected chi connectivity index (χ3v) is 6.25. The molecule has 0 spiro atoms. The predicted molar refractivity (Wildman–Crippen MR) is 127 cm³/mol. The van der Waals surface area contributed by atoms with Crippen LogP contribution < -0.4 is 4.74 Å². The molecule has 4 heteroatoms. The molecule has 0 amide bonds. The van der Waals surface area contributed by atoms with Gasteiger partial charge in [0.15, 0.2) is 5.78 Å². The van der Waals surface area contributed by atoms with Crippen molar-refractivity contribution < 1.29 is 19.7 Å². The molecular weight excluding hydrogens is 388 g/mol. The first kappa shape index (κ1) is 25.2. The summed E-state index contributed by atoms with van der Waals surface area (Å²) in [5, 5.41) is 19.8. The van der Waals surface area contributed by atoms with Gasteiger partial charge in [0.1, 0.15) is 23.2 Å². The number of phenols is 1. The lowest BCUT2D eigenvalue weighted by Gasteiger charge is -2.36. The minimum absolute atomic E-state index is 0.0888. The monoisotopic (exact) mass is 428 g/mol. The molecule has 1 heterocycles. The topological polar surface area (TPSA) is 66.8 Å². The fraction of sp³-hybridized carbons (Fsp3) is 0.593. The SMILES string of the molecule is CC(C)=CC(O)C(=O)C(C)CCCC(C)=CCCC1(C)CCc2cc(O)cc(C)c2O1. The van der Waals surface area contributed by atoms with E-state index in [2.05, 4.69) is 19.9 Å². The molecule has 0 aromatic heterocycles. The van der Waals surface area contributed by atoms with E-state index >= 15 is 0 Å². The van der Waals surface area contributed by atoms with Crippen LogP contribution in [0.1, 0.15) is 84.3 Å². The van der Waals surface area contributed by atoms with Crippen molar-refractivity contribution in [2.24, 2.45) is 5.92 Å². The van der Waals surface area contributed by atoms with Gasteiger partial charge in [0.25, 0.3) is 0 Å². The number of aliphatic hydroxyl groups excluding tert-OH is 1. The number of hydrogen-bond acceptors (Lipinski definition) is 4. The largest absolute Gasteiger partial charge is 0.508 e. The highest BCUT2D eigenvalue weighted by Gasteiger charge is 2.32. The van der Waals surface area contributed by atoms with E-state index in [1.165, 1.54) is 5.57 Å². The minimum Gasteiger partial charge on any atom is -0.508 e. The Morgan fingerprint density at radius 2 is 2.00 bits per heavy atom. The van der Waals surface area contributed by atoms with Crippen LogP contribution >= 0.6 is 0 Å². The van der Waals surface area contributed by atoms with Gasteiger partial charge >= 0.3 is 0 Å². The second-order valence-electron chi connectivity index (χ2n) is 9.78. The number of rotatable bonds is 10. The molecule has 1 aromatic carbocycles. The third kappa shape index (κ3) is 7.53. The number of carbonyl (C=O) groups is 1. The maximum absolute atomic E-state index is 12.2. The number of benzene rings is 1. The Balaban J connectivity index is 1.79. The molecule has 1 aliphatic heterocycles. The van der Waals surface area contributed by atoms with E-state index < -0.39 is 6.10 Å². The van der Waals surface area contributed by atoms with Gasteiger partial charge in [0.05, 0.1) is 0 Å². The molecule has 0 radical (unpaired) electrons. The Bertz CT molecular complexity index is 832. The molecule has 2 rings (SSSR count). The van der Waals surface area contributed by atoms with E-state index in [0.29, 0.717) is 5.75 Å². The molecule has 2 N–H and O–H groups in total. The normalized spacial score (nSPS) is 20.4. The average molecular weight is 429 g/mol. The molecule has 1 aromatic rings. The van der Waals surface area contributed by atoms with E-state index in [1.807, 2.05) is 33.8 Å². The highest BCUT2D eigenvalue weighted by Crippen LogP contribution is 2.39. The number of aliphatic hydroxyl groups is 1. The summed E-state index contributed by atoms with van der Waals surface area (Å²) in [7, 11) is 0. The van der Waals surface area contributed by atoms with E-state index in [1.54, 1.807) is 12.1 Å².